The summed E-state index contributed by atoms with van der Waals surface area (Å²) in [6, 6.07) is 9.83. The Bertz CT molecular complexity index is 959. The van der Waals surface area contributed by atoms with Gasteiger partial charge in [-0.2, -0.15) is 0 Å². The lowest BCUT2D eigenvalue weighted by molar-refractivity contribution is 0.218. The molecule has 7 nitrogen and oxygen atoms in total. The topological polar surface area (TPSA) is 81.9 Å². The molecule has 0 aliphatic carbocycles. The highest BCUT2D eigenvalue weighted by Crippen LogP contribution is 2.22. The number of hydrogen-bond donors (Lipinski definition) is 1. The Morgan fingerprint density at radius 2 is 2.00 bits per heavy atom. The number of aromatic amines is 1. The van der Waals surface area contributed by atoms with Gasteiger partial charge in [-0.25, -0.2) is 9.78 Å². The first-order valence-electron chi connectivity index (χ1n) is 7.47. The second-order valence-corrected chi connectivity index (χ2v) is 6.36. The molecule has 0 radical (unpaired) electrons. The molecule has 0 saturated carbocycles. The van der Waals surface area contributed by atoms with Crippen molar-refractivity contribution in [2.24, 2.45) is 7.05 Å². The molecule has 1 N–H and O–H groups in total. The summed E-state index contributed by atoms with van der Waals surface area (Å²) >= 11 is 1.50. The number of ether oxygens (including phenoxy) is 1. The number of thioether (sulfide) groups is 1. The summed E-state index contributed by atoms with van der Waals surface area (Å²) < 4.78 is 8.29. The summed E-state index contributed by atoms with van der Waals surface area (Å²) in [5, 5.41) is 0.692. The average Bonchev–Trinajstić information content (AvgIpc) is 2.93. The summed E-state index contributed by atoms with van der Waals surface area (Å²) in [5.74, 6) is 0.709. The van der Waals surface area contributed by atoms with Crippen molar-refractivity contribution in [1.29, 1.82) is 0 Å². The number of methoxy groups -OCH3 is 1. The molecule has 0 bridgehead atoms. The smallest absolute Gasteiger partial charge is 0.329 e. The number of nitrogens with one attached hydrogen (secondary N) is 1. The maximum atomic E-state index is 12.3. The van der Waals surface area contributed by atoms with Crippen LogP contribution in [-0.2, 0) is 18.3 Å². The Morgan fingerprint density at radius 3 is 2.71 bits per heavy atom. The summed E-state index contributed by atoms with van der Waals surface area (Å²) in [6.07, 6.45) is 0. The van der Waals surface area contributed by atoms with Gasteiger partial charge in [0.15, 0.2) is 16.3 Å². The highest BCUT2D eigenvalue weighted by Gasteiger charge is 2.17. The van der Waals surface area contributed by atoms with Gasteiger partial charge in [-0.3, -0.25) is 14.3 Å². The molecule has 2 aromatic heterocycles. The standard InChI is InChI=1S/C16H18N4O3S/c1-19-13-12(14(21)18-15(19)22)20(10-11-6-4-3-5-7-11)16(17-13)24-9-8-23-2/h3-7H,8-10H2,1-2H3,(H,18,21,22). The molecule has 8 heteroatoms. The minimum absolute atomic E-state index is 0.389. The number of aryl methyl sites for hydroxylation is 1. The minimum atomic E-state index is -0.467. The van der Waals surface area contributed by atoms with Crippen LogP contribution in [0.3, 0.4) is 0 Å². The quantitative estimate of drug-likeness (QED) is 0.536. The molecule has 24 heavy (non-hydrogen) atoms. The van der Waals surface area contributed by atoms with Crippen molar-refractivity contribution in [3.63, 3.8) is 0 Å². The predicted molar refractivity (Wildman–Crippen MR) is 93.7 cm³/mol. The lowest BCUT2D eigenvalue weighted by atomic mass is 10.2. The number of aromatic nitrogens is 4. The van der Waals surface area contributed by atoms with E-state index < -0.39 is 11.2 Å². The fourth-order valence-electron chi connectivity index (χ4n) is 2.45. The van der Waals surface area contributed by atoms with Crippen molar-refractivity contribution in [2.75, 3.05) is 19.5 Å². The molecule has 0 aliphatic rings. The highest BCUT2D eigenvalue weighted by molar-refractivity contribution is 7.99. The van der Waals surface area contributed by atoms with Crippen molar-refractivity contribution >= 4 is 22.9 Å². The van der Waals surface area contributed by atoms with Gasteiger partial charge in [0.1, 0.15) is 0 Å². The van der Waals surface area contributed by atoms with E-state index in [9.17, 15) is 9.59 Å². The Labute approximate surface area is 142 Å². The van der Waals surface area contributed by atoms with Crippen molar-refractivity contribution in [3.8, 4) is 0 Å². The van der Waals surface area contributed by atoms with Gasteiger partial charge >= 0.3 is 5.69 Å². The first-order chi connectivity index (χ1) is 11.6. The maximum absolute atomic E-state index is 12.3. The van der Waals surface area contributed by atoms with Gasteiger partial charge in [0.2, 0.25) is 0 Å². The second kappa shape index (κ2) is 7.06. The normalized spacial score (nSPS) is 11.2. The van der Waals surface area contributed by atoms with Crippen LogP contribution < -0.4 is 11.2 Å². The number of nitrogens with zero attached hydrogens (tertiary/aromatic N) is 3. The van der Waals surface area contributed by atoms with Crippen LogP contribution in [0.1, 0.15) is 5.56 Å². The van der Waals surface area contributed by atoms with Crippen LogP contribution in [0.25, 0.3) is 11.2 Å². The van der Waals surface area contributed by atoms with Crippen LogP contribution in [0.2, 0.25) is 0 Å². The largest absolute Gasteiger partial charge is 0.384 e. The number of benzene rings is 1. The number of imidazole rings is 1. The molecule has 0 atom stereocenters. The monoisotopic (exact) mass is 346 g/mol. The first kappa shape index (κ1) is 16.5. The predicted octanol–water partition coefficient (Wildman–Crippen LogP) is 1.21. The Morgan fingerprint density at radius 1 is 1.25 bits per heavy atom. The second-order valence-electron chi connectivity index (χ2n) is 5.30. The van der Waals surface area contributed by atoms with E-state index in [-0.39, 0.29) is 0 Å². The lowest BCUT2D eigenvalue weighted by Crippen LogP contribution is -2.29. The fraction of sp³-hybridized carbons (Fsp3) is 0.312. The number of fused-ring (bicyclic) bond motifs is 1. The van der Waals surface area contributed by atoms with Gasteiger partial charge in [0.05, 0.1) is 13.2 Å². The van der Waals surface area contributed by atoms with Crippen LogP contribution in [0.4, 0.5) is 0 Å². The van der Waals surface area contributed by atoms with Gasteiger partial charge in [-0.05, 0) is 5.56 Å². The molecular weight excluding hydrogens is 328 g/mol. The zero-order chi connectivity index (χ0) is 17.1. The molecule has 3 aromatic rings. The van der Waals surface area contributed by atoms with Crippen molar-refractivity contribution < 1.29 is 4.74 Å². The molecule has 0 unspecified atom stereocenters. The van der Waals surface area contributed by atoms with Crippen LogP contribution >= 0.6 is 11.8 Å². The average molecular weight is 346 g/mol. The molecule has 0 saturated heterocycles. The Hall–Kier alpha value is -2.32. The van der Waals surface area contributed by atoms with Gasteiger partial charge < -0.3 is 9.30 Å². The highest BCUT2D eigenvalue weighted by atomic mass is 32.2. The Balaban J connectivity index is 2.15. The SMILES string of the molecule is COCCSc1nc2c(c(=O)[nH]c(=O)n2C)n1Cc1ccccc1. The van der Waals surface area contributed by atoms with Crippen molar-refractivity contribution in [1.82, 2.24) is 19.1 Å². The molecule has 3 rings (SSSR count). The third-order valence-corrected chi connectivity index (χ3v) is 4.61. The van der Waals surface area contributed by atoms with Crippen LogP contribution in [0, 0.1) is 0 Å². The van der Waals surface area contributed by atoms with E-state index in [1.54, 1.807) is 14.2 Å². The van der Waals surface area contributed by atoms with E-state index >= 15 is 0 Å². The Kier molecular flexibility index (Phi) is 4.86. The van der Waals surface area contributed by atoms with Gasteiger partial charge in [0.25, 0.3) is 5.56 Å². The summed E-state index contributed by atoms with van der Waals surface area (Å²) in [6.45, 7) is 1.09. The van der Waals surface area contributed by atoms with Crippen LogP contribution in [0.15, 0.2) is 45.1 Å². The molecule has 2 heterocycles. The molecule has 0 aliphatic heterocycles. The number of rotatable bonds is 6. The summed E-state index contributed by atoms with van der Waals surface area (Å²) in [4.78, 5) is 31.0. The number of hydrogen-bond acceptors (Lipinski definition) is 5. The molecule has 1 aromatic carbocycles. The maximum Gasteiger partial charge on any atom is 0.329 e. The summed E-state index contributed by atoms with van der Waals surface area (Å²) in [7, 11) is 3.24. The zero-order valence-corrected chi connectivity index (χ0v) is 14.3. The third-order valence-electron chi connectivity index (χ3n) is 3.67. The molecule has 0 amide bonds. The lowest BCUT2D eigenvalue weighted by Gasteiger charge is -2.08. The third kappa shape index (κ3) is 3.15. The van der Waals surface area contributed by atoms with Gasteiger partial charge in [0, 0.05) is 19.9 Å². The van der Waals surface area contributed by atoms with Gasteiger partial charge in [-0.15, -0.1) is 0 Å². The summed E-state index contributed by atoms with van der Waals surface area (Å²) in [5.41, 5.74) is 0.958. The van der Waals surface area contributed by atoms with E-state index in [1.165, 1.54) is 16.3 Å². The van der Waals surface area contributed by atoms with E-state index in [0.717, 1.165) is 5.56 Å². The van der Waals surface area contributed by atoms with E-state index in [2.05, 4.69) is 9.97 Å². The number of H-pyrrole nitrogens is 1. The molecule has 0 fully saturated rings. The minimum Gasteiger partial charge on any atom is -0.384 e. The van der Waals surface area contributed by atoms with E-state index in [4.69, 9.17) is 4.74 Å². The molecular formula is C16H18N4O3S. The van der Waals surface area contributed by atoms with Crippen LogP contribution in [-0.4, -0.2) is 38.6 Å². The first-order valence-corrected chi connectivity index (χ1v) is 8.45. The zero-order valence-electron chi connectivity index (χ0n) is 13.5. The van der Waals surface area contributed by atoms with Crippen molar-refractivity contribution in [3.05, 3.63) is 56.7 Å². The van der Waals surface area contributed by atoms with Crippen molar-refractivity contribution in [2.45, 2.75) is 11.7 Å². The molecule has 126 valence electrons. The molecule has 0 spiro atoms. The van der Waals surface area contributed by atoms with E-state index in [0.29, 0.717) is 35.2 Å². The van der Waals surface area contributed by atoms with Gasteiger partial charge in [-0.1, -0.05) is 42.1 Å². The van der Waals surface area contributed by atoms with E-state index in [1.807, 2.05) is 34.9 Å². The van der Waals surface area contributed by atoms with Crippen LogP contribution in [0.5, 0.6) is 0 Å². The fourth-order valence-corrected chi connectivity index (χ4v) is 3.35.